The average Bonchev–Trinajstić information content (AvgIpc) is 2.41. The first kappa shape index (κ1) is 14.0. The van der Waals surface area contributed by atoms with Gasteiger partial charge in [0.1, 0.15) is 0 Å². The van der Waals surface area contributed by atoms with Crippen LogP contribution in [0.2, 0.25) is 0 Å². The number of para-hydroxylation sites is 1. The molecule has 19 heavy (non-hydrogen) atoms. The maximum absolute atomic E-state index is 13.9. The Balaban J connectivity index is 0.00000133. The van der Waals surface area contributed by atoms with E-state index in [9.17, 15) is 4.39 Å². The van der Waals surface area contributed by atoms with E-state index in [0.717, 1.165) is 31.3 Å². The highest BCUT2D eigenvalue weighted by atomic mass is 35.5. The minimum absolute atomic E-state index is 0. The summed E-state index contributed by atoms with van der Waals surface area (Å²) in [5, 5.41) is 7.53. The van der Waals surface area contributed by atoms with E-state index in [1.165, 1.54) is 0 Å². The van der Waals surface area contributed by atoms with Crippen LogP contribution in [0.4, 0.5) is 10.1 Å². The first-order valence-electron chi connectivity index (χ1n) is 6.35. The monoisotopic (exact) mass is 281 g/mol. The Labute approximate surface area is 118 Å². The lowest BCUT2D eigenvalue weighted by Crippen LogP contribution is -2.35. The molecule has 0 bridgehead atoms. The summed E-state index contributed by atoms with van der Waals surface area (Å²) in [6.45, 7) is 1.97. The van der Waals surface area contributed by atoms with Crippen molar-refractivity contribution in [2.75, 3.05) is 18.4 Å². The molecule has 2 aromatic rings. The highest BCUT2D eigenvalue weighted by Crippen LogP contribution is 2.21. The normalized spacial score (nSPS) is 16.1. The number of piperidine rings is 1. The number of benzene rings is 1. The highest BCUT2D eigenvalue weighted by molar-refractivity contribution is 5.85. The molecule has 0 aliphatic carbocycles. The van der Waals surface area contributed by atoms with E-state index >= 15 is 0 Å². The Morgan fingerprint density at radius 1 is 1.21 bits per heavy atom. The van der Waals surface area contributed by atoms with Crippen molar-refractivity contribution in [1.82, 2.24) is 10.3 Å². The molecule has 1 saturated heterocycles. The molecule has 0 unspecified atom stereocenters. The number of hydrogen-bond acceptors (Lipinski definition) is 3. The number of nitrogens with zero attached hydrogens (tertiary/aromatic N) is 1. The maximum atomic E-state index is 13.9. The number of halogens is 2. The van der Waals surface area contributed by atoms with Crippen molar-refractivity contribution in [3.63, 3.8) is 0 Å². The second-order valence-corrected chi connectivity index (χ2v) is 4.69. The van der Waals surface area contributed by atoms with E-state index in [0.29, 0.717) is 17.2 Å². The number of rotatable bonds is 2. The Kier molecular flexibility index (Phi) is 4.56. The van der Waals surface area contributed by atoms with Crippen LogP contribution in [0.3, 0.4) is 0 Å². The zero-order valence-corrected chi connectivity index (χ0v) is 11.3. The zero-order valence-electron chi connectivity index (χ0n) is 10.5. The van der Waals surface area contributed by atoms with Crippen LogP contribution < -0.4 is 10.6 Å². The van der Waals surface area contributed by atoms with E-state index in [1.54, 1.807) is 0 Å². The summed E-state index contributed by atoms with van der Waals surface area (Å²) in [5.74, 6) is -0.410. The van der Waals surface area contributed by atoms with Crippen LogP contribution in [0.1, 0.15) is 12.8 Å². The Bertz CT molecular complexity index is 555. The molecular weight excluding hydrogens is 265 g/mol. The molecule has 0 spiro atoms. The summed E-state index contributed by atoms with van der Waals surface area (Å²) in [6, 6.07) is 9.77. The lowest BCUT2D eigenvalue weighted by atomic mass is 10.1. The van der Waals surface area contributed by atoms with Crippen LogP contribution in [-0.4, -0.2) is 24.1 Å². The van der Waals surface area contributed by atoms with E-state index in [1.807, 2.05) is 30.3 Å². The molecular formula is C14H17ClFN3. The third kappa shape index (κ3) is 3.14. The topological polar surface area (TPSA) is 37.0 Å². The number of pyridine rings is 1. The fraction of sp³-hybridized carbons (Fsp3) is 0.357. The van der Waals surface area contributed by atoms with Gasteiger partial charge in [-0.1, -0.05) is 18.2 Å². The molecule has 102 valence electrons. The maximum Gasteiger partial charge on any atom is 0.236 e. The van der Waals surface area contributed by atoms with E-state index in [4.69, 9.17) is 0 Å². The second-order valence-electron chi connectivity index (χ2n) is 4.69. The van der Waals surface area contributed by atoms with Gasteiger partial charge in [-0.2, -0.15) is 4.39 Å². The quantitative estimate of drug-likeness (QED) is 0.831. The minimum atomic E-state index is -0.410. The smallest absolute Gasteiger partial charge is 0.236 e. The van der Waals surface area contributed by atoms with Crippen LogP contribution in [0.5, 0.6) is 0 Å². The molecule has 1 fully saturated rings. The predicted octanol–water partition coefficient (Wildman–Crippen LogP) is 2.96. The molecule has 1 aliphatic rings. The van der Waals surface area contributed by atoms with E-state index < -0.39 is 5.95 Å². The van der Waals surface area contributed by atoms with Gasteiger partial charge >= 0.3 is 0 Å². The molecule has 3 nitrogen and oxygen atoms in total. The molecule has 0 radical (unpaired) electrons. The zero-order chi connectivity index (χ0) is 12.4. The molecule has 1 aliphatic heterocycles. The highest BCUT2D eigenvalue weighted by Gasteiger charge is 2.15. The van der Waals surface area contributed by atoms with Crippen molar-refractivity contribution in [2.24, 2.45) is 0 Å². The number of anilines is 1. The summed E-state index contributed by atoms with van der Waals surface area (Å²) >= 11 is 0. The lowest BCUT2D eigenvalue weighted by molar-refractivity contribution is 0.475. The van der Waals surface area contributed by atoms with Gasteiger partial charge in [0, 0.05) is 11.4 Å². The largest absolute Gasteiger partial charge is 0.379 e. The molecule has 5 heteroatoms. The SMILES string of the molecule is Cl.Fc1nc2ccccc2cc1NC1CCNCC1. The number of hydrogen-bond donors (Lipinski definition) is 2. The van der Waals surface area contributed by atoms with Gasteiger partial charge < -0.3 is 10.6 Å². The van der Waals surface area contributed by atoms with Gasteiger partial charge in [-0.3, -0.25) is 0 Å². The third-order valence-corrected chi connectivity index (χ3v) is 3.38. The van der Waals surface area contributed by atoms with Gasteiger partial charge in [0.15, 0.2) is 0 Å². The van der Waals surface area contributed by atoms with Gasteiger partial charge in [0.25, 0.3) is 0 Å². The number of aromatic nitrogens is 1. The van der Waals surface area contributed by atoms with E-state index in [2.05, 4.69) is 15.6 Å². The van der Waals surface area contributed by atoms with Crippen molar-refractivity contribution >= 4 is 29.0 Å². The van der Waals surface area contributed by atoms with Gasteiger partial charge in [-0.05, 0) is 38.1 Å². The first-order chi connectivity index (χ1) is 8.83. The molecule has 2 N–H and O–H groups in total. The van der Waals surface area contributed by atoms with Crippen molar-refractivity contribution in [1.29, 1.82) is 0 Å². The van der Waals surface area contributed by atoms with Crippen molar-refractivity contribution in [3.05, 3.63) is 36.3 Å². The van der Waals surface area contributed by atoms with Crippen LogP contribution in [-0.2, 0) is 0 Å². The van der Waals surface area contributed by atoms with Gasteiger partial charge in [0.2, 0.25) is 5.95 Å². The fourth-order valence-corrected chi connectivity index (χ4v) is 2.38. The van der Waals surface area contributed by atoms with Crippen LogP contribution >= 0.6 is 12.4 Å². The van der Waals surface area contributed by atoms with E-state index in [-0.39, 0.29) is 12.4 Å². The van der Waals surface area contributed by atoms with Crippen molar-refractivity contribution in [2.45, 2.75) is 18.9 Å². The fourth-order valence-electron chi connectivity index (χ4n) is 2.38. The molecule has 1 aromatic heterocycles. The molecule has 0 amide bonds. The van der Waals surface area contributed by atoms with Crippen LogP contribution in [0, 0.1) is 5.95 Å². The summed E-state index contributed by atoms with van der Waals surface area (Å²) in [6.07, 6.45) is 2.04. The molecule has 3 rings (SSSR count). The molecule has 0 atom stereocenters. The Morgan fingerprint density at radius 2 is 1.95 bits per heavy atom. The minimum Gasteiger partial charge on any atom is -0.379 e. The van der Waals surface area contributed by atoms with Crippen LogP contribution in [0.25, 0.3) is 10.9 Å². The van der Waals surface area contributed by atoms with Crippen molar-refractivity contribution in [3.8, 4) is 0 Å². The number of nitrogens with one attached hydrogen (secondary N) is 2. The first-order valence-corrected chi connectivity index (χ1v) is 6.35. The standard InChI is InChI=1S/C14H16FN3.ClH/c15-14-13(17-11-5-7-16-8-6-11)9-10-3-1-2-4-12(10)18-14;/h1-4,9,11,16-17H,5-8H2;1H. The lowest BCUT2D eigenvalue weighted by Gasteiger charge is -2.24. The summed E-state index contributed by atoms with van der Waals surface area (Å²) in [5.41, 5.74) is 1.21. The van der Waals surface area contributed by atoms with Crippen molar-refractivity contribution < 1.29 is 4.39 Å². The van der Waals surface area contributed by atoms with Gasteiger partial charge in [-0.15, -0.1) is 12.4 Å². The van der Waals surface area contributed by atoms with Gasteiger partial charge in [0.05, 0.1) is 11.2 Å². The Morgan fingerprint density at radius 3 is 2.74 bits per heavy atom. The average molecular weight is 282 g/mol. The molecule has 0 saturated carbocycles. The molecule has 2 heterocycles. The van der Waals surface area contributed by atoms with Gasteiger partial charge in [-0.25, -0.2) is 4.98 Å². The summed E-state index contributed by atoms with van der Waals surface area (Å²) in [7, 11) is 0. The predicted molar refractivity (Wildman–Crippen MR) is 78.5 cm³/mol. The third-order valence-electron chi connectivity index (χ3n) is 3.38. The van der Waals surface area contributed by atoms with Crippen LogP contribution in [0.15, 0.2) is 30.3 Å². The Hall–Kier alpha value is -1.39. The number of fused-ring (bicyclic) bond motifs is 1. The second kappa shape index (κ2) is 6.17. The molecule has 1 aromatic carbocycles. The summed E-state index contributed by atoms with van der Waals surface area (Å²) < 4.78 is 13.9. The summed E-state index contributed by atoms with van der Waals surface area (Å²) in [4.78, 5) is 4.00.